The monoisotopic (exact) mass is 306 g/mol. The zero-order valence-electron chi connectivity index (χ0n) is 13.7. The standard InChI is InChI=1S/C19H22N4/c1-14-8-9-15(2)22(14)12-16-10-20-19-18(11-21-23(19)13-16)17-6-4-3-5-7-17/h3-7,10-11,13-15H,8-9,12H2,1-2H3/t14-,15-/m1/s1. The summed E-state index contributed by atoms with van der Waals surface area (Å²) in [5.41, 5.74) is 4.38. The highest BCUT2D eigenvalue weighted by molar-refractivity contribution is 5.76. The van der Waals surface area contributed by atoms with Gasteiger partial charge < -0.3 is 0 Å². The van der Waals surface area contributed by atoms with Crippen LogP contribution in [0.15, 0.2) is 48.9 Å². The van der Waals surface area contributed by atoms with Gasteiger partial charge in [0.2, 0.25) is 0 Å². The lowest BCUT2D eigenvalue weighted by Gasteiger charge is -2.25. The maximum Gasteiger partial charge on any atom is 0.162 e. The Bertz CT molecular complexity index is 799. The number of aromatic nitrogens is 3. The maximum atomic E-state index is 4.68. The van der Waals surface area contributed by atoms with Crippen LogP contribution in [0, 0.1) is 0 Å². The zero-order chi connectivity index (χ0) is 15.8. The highest BCUT2D eigenvalue weighted by Gasteiger charge is 2.27. The summed E-state index contributed by atoms with van der Waals surface area (Å²) in [6.45, 7) is 5.58. The predicted octanol–water partition coefficient (Wildman–Crippen LogP) is 3.77. The molecule has 0 saturated carbocycles. The fourth-order valence-corrected chi connectivity index (χ4v) is 3.59. The molecule has 0 N–H and O–H groups in total. The SMILES string of the molecule is C[C@@H]1CC[C@@H](C)N1Cc1cnc2c(-c3ccccc3)cnn2c1. The second kappa shape index (κ2) is 5.78. The molecular weight excluding hydrogens is 284 g/mol. The number of benzene rings is 1. The lowest BCUT2D eigenvalue weighted by Crippen LogP contribution is -2.32. The van der Waals surface area contributed by atoms with Crippen molar-refractivity contribution in [3.8, 4) is 11.1 Å². The summed E-state index contributed by atoms with van der Waals surface area (Å²) in [4.78, 5) is 7.24. The van der Waals surface area contributed by atoms with E-state index in [0.717, 1.165) is 23.3 Å². The first-order valence-corrected chi connectivity index (χ1v) is 8.36. The maximum absolute atomic E-state index is 4.68. The van der Waals surface area contributed by atoms with Crippen LogP contribution in [-0.4, -0.2) is 31.6 Å². The van der Waals surface area contributed by atoms with Crippen molar-refractivity contribution in [2.24, 2.45) is 0 Å². The molecule has 2 aromatic heterocycles. The second-order valence-electron chi connectivity index (χ2n) is 6.60. The van der Waals surface area contributed by atoms with Crippen molar-refractivity contribution in [1.29, 1.82) is 0 Å². The van der Waals surface area contributed by atoms with E-state index in [2.05, 4.69) is 47.2 Å². The Kier molecular flexibility index (Phi) is 3.62. The molecule has 0 bridgehead atoms. The fraction of sp³-hybridized carbons (Fsp3) is 0.368. The summed E-state index contributed by atoms with van der Waals surface area (Å²) >= 11 is 0. The number of rotatable bonds is 3. The first kappa shape index (κ1) is 14.4. The summed E-state index contributed by atoms with van der Waals surface area (Å²) in [6.07, 6.45) is 8.60. The van der Waals surface area contributed by atoms with E-state index in [1.807, 2.05) is 35.1 Å². The van der Waals surface area contributed by atoms with Gasteiger partial charge in [-0.25, -0.2) is 9.50 Å². The van der Waals surface area contributed by atoms with E-state index < -0.39 is 0 Å². The molecule has 0 aliphatic carbocycles. The zero-order valence-corrected chi connectivity index (χ0v) is 13.7. The molecule has 1 aromatic carbocycles. The largest absolute Gasteiger partial charge is 0.294 e. The summed E-state index contributed by atoms with van der Waals surface area (Å²) < 4.78 is 1.91. The number of nitrogens with zero attached hydrogens (tertiary/aromatic N) is 4. The average Bonchev–Trinajstić information content (AvgIpc) is 3.14. The van der Waals surface area contributed by atoms with Gasteiger partial charge in [0.15, 0.2) is 5.65 Å². The van der Waals surface area contributed by atoms with Gasteiger partial charge in [0.1, 0.15) is 0 Å². The molecule has 4 rings (SSSR count). The molecule has 0 unspecified atom stereocenters. The summed E-state index contributed by atoms with van der Waals surface area (Å²) in [6, 6.07) is 11.6. The third kappa shape index (κ3) is 2.63. The number of likely N-dealkylation sites (tertiary alicyclic amines) is 1. The molecule has 1 saturated heterocycles. The smallest absolute Gasteiger partial charge is 0.162 e. The van der Waals surface area contributed by atoms with Crippen LogP contribution in [-0.2, 0) is 6.54 Å². The minimum Gasteiger partial charge on any atom is -0.294 e. The van der Waals surface area contributed by atoms with Crippen LogP contribution in [0.25, 0.3) is 16.8 Å². The van der Waals surface area contributed by atoms with Gasteiger partial charge in [0, 0.05) is 42.1 Å². The van der Waals surface area contributed by atoms with Crippen molar-refractivity contribution in [2.45, 2.75) is 45.3 Å². The van der Waals surface area contributed by atoms with Gasteiger partial charge in [-0.2, -0.15) is 5.10 Å². The lowest BCUT2D eigenvalue weighted by atomic mass is 10.1. The molecule has 4 heteroatoms. The number of hydrogen-bond donors (Lipinski definition) is 0. The van der Waals surface area contributed by atoms with Crippen LogP contribution in [0.1, 0.15) is 32.3 Å². The van der Waals surface area contributed by atoms with Crippen molar-refractivity contribution in [2.75, 3.05) is 0 Å². The van der Waals surface area contributed by atoms with Crippen molar-refractivity contribution in [3.63, 3.8) is 0 Å². The van der Waals surface area contributed by atoms with Crippen LogP contribution in [0.3, 0.4) is 0 Å². The molecule has 1 aliphatic rings. The lowest BCUT2D eigenvalue weighted by molar-refractivity contribution is 0.204. The van der Waals surface area contributed by atoms with E-state index in [1.165, 1.54) is 18.4 Å². The molecule has 3 aromatic rings. The normalized spacial score (nSPS) is 22.0. The van der Waals surface area contributed by atoms with Crippen molar-refractivity contribution in [1.82, 2.24) is 19.5 Å². The highest BCUT2D eigenvalue weighted by Crippen LogP contribution is 2.26. The van der Waals surface area contributed by atoms with Crippen LogP contribution in [0.2, 0.25) is 0 Å². The van der Waals surface area contributed by atoms with E-state index in [-0.39, 0.29) is 0 Å². The van der Waals surface area contributed by atoms with E-state index in [4.69, 9.17) is 0 Å². The van der Waals surface area contributed by atoms with Crippen LogP contribution < -0.4 is 0 Å². The highest BCUT2D eigenvalue weighted by atomic mass is 15.2. The number of hydrogen-bond acceptors (Lipinski definition) is 3. The fourth-order valence-electron chi connectivity index (χ4n) is 3.59. The van der Waals surface area contributed by atoms with E-state index in [9.17, 15) is 0 Å². The van der Waals surface area contributed by atoms with Crippen LogP contribution in [0.4, 0.5) is 0 Å². The molecule has 1 fully saturated rings. The van der Waals surface area contributed by atoms with Gasteiger partial charge in [-0.1, -0.05) is 30.3 Å². The first-order chi connectivity index (χ1) is 11.2. The Balaban J connectivity index is 1.65. The van der Waals surface area contributed by atoms with Crippen molar-refractivity contribution < 1.29 is 0 Å². The van der Waals surface area contributed by atoms with Crippen molar-refractivity contribution in [3.05, 3.63) is 54.5 Å². The molecular formula is C19H22N4. The summed E-state index contributed by atoms with van der Waals surface area (Å²) in [5, 5.41) is 4.50. The van der Waals surface area contributed by atoms with Gasteiger partial charge in [-0.15, -0.1) is 0 Å². The quantitative estimate of drug-likeness (QED) is 0.738. The predicted molar refractivity (Wildman–Crippen MR) is 92.1 cm³/mol. The molecule has 0 amide bonds. The third-order valence-electron chi connectivity index (χ3n) is 4.99. The average molecular weight is 306 g/mol. The minimum absolute atomic E-state index is 0.651. The van der Waals surface area contributed by atoms with Crippen molar-refractivity contribution >= 4 is 5.65 Å². The Morgan fingerprint density at radius 1 is 1.04 bits per heavy atom. The molecule has 23 heavy (non-hydrogen) atoms. The van der Waals surface area contributed by atoms with Crippen LogP contribution in [0.5, 0.6) is 0 Å². The van der Waals surface area contributed by atoms with Gasteiger partial charge in [0.25, 0.3) is 0 Å². The van der Waals surface area contributed by atoms with E-state index in [0.29, 0.717) is 12.1 Å². The Morgan fingerprint density at radius 3 is 2.52 bits per heavy atom. The molecule has 0 spiro atoms. The van der Waals surface area contributed by atoms with Gasteiger partial charge in [-0.05, 0) is 32.3 Å². The molecule has 118 valence electrons. The van der Waals surface area contributed by atoms with E-state index >= 15 is 0 Å². The molecule has 1 aliphatic heterocycles. The van der Waals surface area contributed by atoms with Gasteiger partial charge in [-0.3, -0.25) is 4.90 Å². The second-order valence-corrected chi connectivity index (χ2v) is 6.60. The third-order valence-corrected chi connectivity index (χ3v) is 4.99. The van der Waals surface area contributed by atoms with Gasteiger partial charge >= 0.3 is 0 Å². The Labute approximate surface area is 136 Å². The van der Waals surface area contributed by atoms with Gasteiger partial charge in [0.05, 0.1) is 6.20 Å². The topological polar surface area (TPSA) is 33.4 Å². The van der Waals surface area contributed by atoms with E-state index in [1.54, 1.807) is 0 Å². The summed E-state index contributed by atoms with van der Waals surface area (Å²) in [7, 11) is 0. The minimum atomic E-state index is 0.651. The molecule has 3 heterocycles. The number of fused-ring (bicyclic) bond motifs is 1. The Hall–Kier alpha value is -2.20. The first-order valence-electron chi connectivity index (χ1n) is 8.36. The molecule has 4 nitrogen and oxygen atoms in total. The molecule has 0 radical (unpaired) electrons. The summed E-state index contributed by atoms with van der Waals surface area (Å²) in [5.74, 6) is 0. The van der Waals surface area contributed by atoms with Crippen LogP contribution >= 0.6 is 0 Å². The Morgan fingerprint density at radius 2 is 1.78 bits per heavy atom. The molecule has 2 atom stereocenters.